The highest BCUT2D eigenvalue weighted by molar-refractivity contribution is 6.31. The fraction of sp³-hybridized carbons (Fsp3) is 0.429. The Morgan fingerprint density at radius 3 is 2.58 bits per heavy atom. The summed E-state index contributed by atoms with van der Waals surface area (Å²) in [7, 11) is 0. The Labute approximate surface area is 117 Å². The molecule has 0 heterocycles. The van der Waals surface area contributed by atoms with Gasteiger partial charge >= 0.3 is 5.97 Å². The molecule has 0 spiro atoms. The van der Waals surface area contributed by atoms with Crippen molar-refractivity contribution in [1.29, 1.82) is 0 Å². The Balaban J connectivity index is 2.03. The van der Waals surface area contributed by atoms with Gasteiger partial charge in [-0.25, -0.2) is 0 Å². The number of carbonyl (C=O) groups excluding carboxylic acids is 1. The smallest absolute Gasteiger partial charge is 0.307 e. The van der Waals surface area contributed by atoms with Gasteiger partial charge in [0.1, 0.15) is 0 Å². The second-order valence-corrected chi connectivity index (χ2v) is 5.14. The van der Waals surface area contributed by atoms with Gasteiger partial charge < -0.3 is 10.0 Å². The van der Waals surface area contributed by atoms with Crippen LogP contribution in [0, 0.1) is 11.8 Å². The maximum Gasteiger partial charge on any atom is 0.307 e. The molecular formula is C14H16ClNO3. The van der Waals surface area contributed by atoms with E-state index in [-0.39, 0.29) is 11.8 Å². The number of carboxylic acid groups (broad SMARTS) is 1. The van der Waals surface area contributed by atoms with Crippen LogP contribution in [-0.4, -0.2) is 28.4 Å². The Morgan fingerprint density at radius 2 is 2.05 bits per heavy atom. The van der Waals surface area contributed by atoms with Gasteiger partial charge in [0.2, 0.25) is 5.91 Å². The quantitative estimate of drug-likeness (QED) is 0.902. The lowest BCUT2D eigenvalue weighted by molar-refractivity contribution is -0.142. The number of amides is 1. The van der Waals surface area contributed by atoms with E-state index in [2.05, 4.69) is 0 Å². The molecule has 5 heteroatoms. The molecule has 1 amide bonds. The zero-order valence-corrected chi connectivity index (χ0v) is 11.4. The molecule has 4 nitrogen and oxygen atoms in total. The summed E-state index contributed by atoms with van der Waals surface area (Å²) in [4.78, 5) is 24.7. The van der Waals surface area contributed by atoms with Gasteiger partial charge in [0.25, 0.3) is 0 Å². The third kappa shape index (κ3) is 3.07. The average molecular weight is 282 g/mol. The molecule has 1 aliphatic rings. The van der Waals surface area contributed by atoms with Crippen LogP contribution in [0.2, 0.25) is 5.02 Å². The van der Waals surface area contributed by atoms with Crippen molar-refractivity contribution in [3.05, 3.63) is 34.9 Å². The Kier molecular flexibility index (Phi) is 4.10. The van der Waals surface area contributed by atoms with E-state index in [0.29, 0.717) is 24.5 Å². The number of carbonyl (C=O) groups is 2. The van der Waals surface area contributed by atoms with Crippen molar-refractivity contribution < 1.29 is 14.7 Å². The summed E-state index contributed by atoms with van der Waals surface area (Å²) in [5.74, 6) is -1.84. The lowest BCUT2D eigenvalue weighted by Crippen LogP contribution is -2.32. The summed E-state index contributed by atoms with van der Waals surface area (Å²) in [5.41, 5.74) is 0.881. The number of benzene rings is 1. The molecule has 1 fully saturated rings. The molecule has 2 unspecified atom stereocenters. The van der Waals surface area contributed by atoms with Gasteiger partial charge in [0.05, 0.1) is 11.8 Å². The minimum atomic E-state index is -0.882. The van der Waals surface area contributed by atoms with Crippen LogP contribution < -0.4 is 0 Å². The van der Waals surface area contributed by atoms with Gasteiger partial charge in [0.15, 0.2) is 0 Å². The molecule has 0 radical (unpaired) electrons. The summed E-state index contributed by atoms with van der Waals surface area (Å²) in [5, 5.41) is 9.49. The van der Waals surface area contributed by atoms with Crippen molar-refractivity contribution in [2.75, 3.05) is 6.54 Å². The van der Waals surface area contributed by atoms with Crippen LogP contribution in [0.4, 0.5) is 0 Å². The highest BCUT2D eigenvalue weighted by Crippen LogP contribution is 2.40. The molecule has 0 saturated heterocycles. The van der Waals surface area contributed by atoms with Crippen LogP contribution in [0.5, 0.6) is 0 Å². The molecular weight excluding hydrogens is 266 g/mol. The van der Waals surface area contributed by atoms with Crippen LogP contribution in [0.15, 0.2) is 24.3 Å². The number of hydrogen-bond donors (Lipinski definition) is 1. The predicted octanol–water partition coefficient (Wildman–Crippen LogP) is 2.41. The summed E-state index contributed by atoms with van der Waals surface area (Å²) in [6, 6.07) is 7.37. The summed E-state index contributed by atoms with van der Waals surface area (Å²) in [6.07, 6.45) is 0.452. The normalized spacial score (nSPS) is 20.9. The molecule has 0 bridgehead atoms. The minimum Gasteiger partial charge on any atom is -0.481 e. The van der Waals surface area contributed by atoms with Crippen molar-refractivity contribution >= 4 is 23.5 Å². The van der Waals surface area contributed by atoms with E-state index in [1.165, 1.54) is 0 Å². The highest BCUT2D eigenvalue weighted by Gasteiger charge is 2.49. The lowest BCUT2D eigenvalue weighted by atomic mass is 10.2. The van der Waals surface area contributed by atoms with Crippen LogP contribution in [0.3, 0.4) is 0 Å². The van der Waals surface area contributed by atoms with Crippen LogP contribution in [0.25, 0.3) is 0 Å². The van der Waals surface area contributed by atoms with E-state index in [0.717, 1.165) is 5.56 Å². The molecule has 1 N–H and O–H groups in total. The van der Waals surface area contributed by atoms with E-state index in [1.807, 2.05) is 25.1 Å². The van der Waals surface area contributed by atoms with Crippen LogP contribution in [-0.2, 0) is 16.1 Å². The zero-order valence-electron chi connectivity index (χ0n) is 10.7. The molecule has 1 aromatic rings. The molecule has 102 valence electrons. The van der Waals surface area contributed by atoms with E-state index >= 15 is 0 Å². The Hall–Kier alpha value is -1.55. The molecule has 2 atom stereocenters. The first-order valence-electron chi connectivity index (χ1n) is 6.29. The summed E-state index contributed by atoms with van der Waals surface area (Å²) in [6.45, 7) is 2.86. The first-order chi connectivity index (χ1) is 9.04. The Morgan fingerprint density at radius 1 is 1.37 bits per heavy atom. The maximum atomic E-state index is 12.2. The van der Waals surface area contributed by atoms with Crippen LogP contribution in [0.1, 0.15) is 18.9 Å². The number of rotatable bonds is 5. The first kappa shape index (κ1) is 13.9. The zero-order chi connectivity index (χ0) is 14.0. The number of halogens is 1. The second kappa shape index (κ2) is 5.61. The first-order valence-corrected chi connectivity index (χ1v) is 6.67. The highest BCUT2D eigenvalue weighted by atomic mass is 35.5. The third-order valence-corrected chi connectivity index (χ3v) is 3.81. The van der Waals surface area contributed by atoms with Crippen molar-refractivity contribution in [2.24, 2.45) is 11.8 Å². The molecule has 0 aromatic heterocycles. The van der Waals surface area contributed by atoms with Crippen molar-refractivity contribution in [3.63, 3.8) is 0 Å². The topological polar surface area (TPSA) is 57.6 Å². The Bertz CT molecular complexity index is 503. The van der Waals surface area contributed by atoms with Gasteiger partial charge in [-0.15, -0.1) is 0 Å². The number of aliphatic carboxylic acids is 1. The molecule has 0 aliphatic heterocycles. The fourth-order valence-electron chi connectivity index (χ4n) is 2.15. The molecule has 2 rings (SSSR count). The van der Waals surface area contributed by atoms with Gasteiger partial charge in [0, 0.05) is 18.1 Å². The van der Waals surface area contributed by atoms with Gasteiger partial charge in [-0.1, -0.05) is 29.8 Å². The van der Waals surface area contributed by atoms with Gasteiger partial charge in [-0.2, -0.15) is 0 Å². The average Bonchev–Trinajstić information content (AvgIpc) is 3.17. The molecule has 1 aliphatic carbocycles. The minimum absolute atomic E-state index is 0.0881. The standard InChI is InChI=1S/C14H16ClNO3/c1-2-16(8-9-5-3-4-6-12(9)15)13(17)10-7-11(10)14(18)19/h3-6,10-11H,2,7-8H2,1H3,(H,18,19). The SMILES string of the molecule is CCN(Cc1ccccc1Cl)C(=O)C1CC1C(=O)O. The molecule has 19 heavy (non-hydrogen) atoms. The van der Waals surface area contributed by atoms with E-state index in [9.17, 15) is 9.59 Å². The van der Waals surface area contributed by atoms with Gasteiger partial charge in [-0.05, 0) is 25.0 Å². The predicted molar refractivity (Wildman–Crippen MR) is 71.8 cm³/mol. The summed E-state index contributed by atoms with van der Waals surface area (Å²) >= 11 is 6.07. The summed E-state index contributed by atoms with van der Waals surface area (Å²) < 4.78 is 0. The van der Waals surface area contributed by atoms with Gasteiger partial charge in [-0.3, -0.25) is 9.59 Å². The van der Waals surface area contributed by atoms with E-state index in [4.69, 9.17) is 16.7 Å². The van der Waals surface area contributed by atoms with E-state index in [1.54, 1.807) is 11.0 Å². The lowest BCUT2D eigenvalue weighted by Gasteiger charge is -2.21. The number of carboxylic acids is 1. The second-order valence-electron chi connectivity index (χ2n) is 4.73. The number of hydrogen-bond acceptors (Lipinski definition) is 2. The van der Waals surface area contributed by atoms with Crippen molar-refractivity contribution in [1.82, 2.24) is 4.90 Å². The van der Waals surface area contributed by atoms with Crippen LogP contribution >= 0.6 is 11.6 Å². The van der Waals surface area contributed by atoms with Crippen molar-refractivity contribution in [2.45, 2.75) is 19.9 Å². The number of nitrogens with zero attached hydrogens (tertiary/aromatic N) is 1. The third-order valence-electron chi connectivity index (χ3n) is 3.44. The maximum absolute atomic E-state index is 12.2. The molecule has 1 saturated carbocycles. The monoisotopic (exact) mass is 281 g/mol. The van der Waals surface area contributed by atoms with Crippen molar-refractivity contribution in [3.8, 4) is 0 Å². The molecule has 1 aromatic carbocycles. The largest absolute Gasteiger partial charge is 0.481 e. The fourth-order valence-corrected chi connectivity index (χ4v) is 2.35. The van der Waals surface area contributed by atoms with E-state index < -0.39 is 11.9 Å².